The Balaban J connectivity index is 1.57. The van der Waals surface area contributed by atoms with Gasteiger partial charge in [-0.1, -0.05) is 12.8 Å². The fourth-order valence-electron chi connectivity index (χ4n) is 3.50. The average Bonchev–Trinajstić information content (AvgIpc) is 3.17. The van der Waals surface area contributed by atoms with Crippen LogP contribution in [0.25, 0.3) is 0 Å². The minimum absolute atomic E-state index is 0.144. The van der Waals surface area contributed by atoms with Crippen molar-refractivity contribution in [2.45, 2.75) is 56.6 Å². The Morgan fingerprint density at radius 2 is 1.76 bits per heavy atom. The van der Waals surface area contributed by atoms with Crippen LogP contribution in [0.2, 0.25) is 0 Å². The molecule has 0 aromatic heterocycles. The largest absolute Gasteiger partial charge is 0.341 e. The van der Waals surface area contributed by atoms with E-state index in [-0.39, 0.29) is 11.8 Å². The number of carbonyl (C=O) groups is 1. The summed E-state index contributed by atoms with van der Waals surface area (Å²) in [6.45, 7) is 1.69. The number of piperidine rings is 1. The van der Waals surface area contributed by atoms with Gasteiger partial charge in [0.1, 0.15) is 0 Å². The maximum Gasteiger partial charge on any atom is 0.225 e. The number of hydrogen-bond acceptors (Lipinski definition) is 3. The summed E-state index contributed by atoms with van der Waals surface area (Å²) in [7, 11) is -3.27. The molecule has 0 spiro atoms. The zero-order valence-corrected chi connectivity index (χ0v) is 13.4. The van der Waals surface area contributed by atoms with Crippen molar-refractivity contribution in [3.63, 3.8) is 0 Å². The molecular weight excluding hydrogens is 288 g/mol. The van der Waals surface area contributed by atoms with E-state index < -0.39 is 15.3 Å². The standard InChI is InChI=1S/C15H26N2O3S/c18-15(13-4-1-2-5-13)17-9-3-6-14(11-17)21(19,20)16-10-12-7-8-12/h12-14,16H,1-11H2/t14-/m1/s1. The smallest absolute Gasteiger partial charge is 0.225 e. The Kier molecular flexibility index (Phi) is 4.54. The Morgan fingerprint density at radius 1 is 1.05 bits per heavy atom. The summed E-state index contributed by atoms with van der Waals surface area (Å²) in [5, 5.41) is -0.421. The van der Waals surface area contributed by atoms with Gasteiger partial charge in [0.2, 0.25) is 15.9 Å². The van der Waals surface area contributed by atoms with Gasteiger partial charge in [0, 0.05) is 25.6 Å². The van der Waals surface area contributed by atoms with E-state index in [1.54, 1.807) is 4.90 Å². The van der Waals surface area contributed by atoms with Gasteiger partial charge in [-0.25, -0.2) is 13.1 Å². The molecule has 0 bridgehead atoms. The SMILES string of the molecule is O=C(C1CCCC1)N1CCC[C@@H](S(=O)(=O)NCC2CC2)C1. The summed E-state index contributed by atoms with van der Waals surface area (Å²) in [6, 6.07) is 0. The summed E-state index contributed by atoms with van der Waals surface area (Å²) in [4.78, 5) is 14.3. The third-order valence-electron chi connectivity index (χ3n) is 5.10. The summed E-state index contributed by atoms with van der Waals surface area (Å²) < 4.78 is 27.5. The predicted octanol–water partition coefficient (Wildman–Crippen LogP) is 1.50. The number of carbonyl (C=O) groups excluding carboxylic acids is 1. The quantitative estimate of drug-likeness (QED) is 0.836. The molecule has 6 heteroatoms. The number of nitrogens with one attached hydrogen (secondary N) is 1. The van der Waals surface area contributed by atoms with E-state index in [9.17, 15) is 13.2 Å². The van der Waals surface area contributed by atoms with Gasteiger partial charge in [-0.2, -0.15) is 0 Å². The summed E-state index contributed by atoms with van der Waals surface area (Å²) in [5.41, 5.74) is 0. The van der Waals surface area contributed by atoms with Crippen molar-refractivity contribution in [1.29, 1.82) is 0 Å². The molecule has 3 aliphatic rings. The first-order chi connectivity index (χ1) is 10.1. The van der Waals surface area contributed by atoms with Gasteiger partial charge in [-0.05, 0) is 44.4 Å². The number of likely N-dealkylation sites (tertiary alicyclic amines) is 1. The van der Waals surface area contributed by atoms with Crippen molar-refractivity contribution in [2.24, 2.45) is 11.8 Å². The van der Waals surface area contributed by atoms with Crippen LogP contribution < -0.4 is 4.72 Å². The highest BCUT2D eigenvalue weighted by Crippen LogP contribution is 2.30. The second-order valence-electron chi connectivity index (χ2n) is 6.87. The second-order valence-corrected chi connectivity index (χ2v) is 8.91. The van der Waals surface area contributed by atoms with Crippen LogP contribution in [0, 0.1) is 11.8 Å². The topological polar surface area (TPSA) is 66.5 Å². The maximum atomic E-state index is 12.5. The molecule has 1 heterocycles. The summed E-state index contributed by atoms with van der Waals surface area (Å²) in [5.74, 6) is 0.875. The summed E-state index contributed by atoms with van der Waals surface area (Å²) in [6.07, 6.45) is 7.98. The minimum Gasteiger partial charge on any atom is -0.341 e. The van der Waals surface area contributed by atoms with Crippen molar-refractivity contribution in [1.82, 2.24) is 9.62 Å². The van der Waals surface area contributed by atoms with Crippen molar-refractivity contribution in [3.8, 4) is 0 Å². The summed E-state index contributed by atoms with van der Waals surface area (Å²) >= 11 is 0. The third-order valence-corrected chi connectivity index (χ3v) is 6.93. The van der Waals surface area contributed by atoms with Crippen LogP contribution in [0.1, 0.15) is 51.4 Å². The molecule has 1 amide bonds. The van der Waals surface area contributed by atoms with Gasteiger partial charge in [0.15, 0.2) is 0 Å². The Bertz CT molecular complexity index is 481. The first kappa shape index (κ1) is 15.3. The lowest BCUT2D eigenvalue weighted by Crippen LogP contribution is -2.49. The highest BCUT2D eigenvalue weighted by molar-refractivity contribution is 7.90. The van der Waals surface area contributed by atoms with E-state index in [1.165, 1.54) is 0 Å². The lowest BCUT2D eigenvalue weighted by molar-refractivity contribution is -0.136. The zero-order valence-electron chi connectivity index (χ0n) is 12.6. The van der Waals surface area contributed by atoms with Gasteiger partial charge in [0.05, 0.1) is 5.25 Å². The van der Waals surface area contributed by atoms with Gasteiger partial charge in [-0.3, -0.25) is 4.79 Å². The van der Waals surface area contributed by atoms with Crippen LogP contribution in [0.5, 0.6) is 0 Å². The fraction of sp³-hybridized carbons (Fsp3) is 0.933. The third kappa shape index (κ3) is 3.77. The molecule has 2 saturated carbocycles. The van der Waals surface area contributed by atoms with Crippen molar-refractivity contribution >= 4 is 15.9 Å². The first-order valence-corrected chi connectivity index (χ1v) is 9.88. The van der Waals surface area contributed by atoms with E-state index in [2.05, 4.69) is 4.72 Å². The molecule has 1 saturated heterocycles. The maximum absolute atomic E-state index is 12.5. The number of nitrogens with zero attached hydrogens (tertiary/aromatic N) is 1. The van der Waals surface area contributed by atoms with Gasteiger partial charge in [0.25, 0.3) is 0 Å². The normalized spacial score (nSPS) is 28.0. The molecule has 1 aliphatic heterocycles. The zero-order chi connectivity index (χ0) is 14.9. The van der Waals surface area contributed by atoms with E-state index in [4.69, 9.17) is 0 Å². The lowest BCUT2D eigenvalue weighted by Gasteiger charge is -2.34. The molecule has 21 heavy (non-hydrogen) atoms. The molecule has 0 unspecified atom stereocenters. The first-order valence-electron chi connectivity index (χ1n) is 8.33. The number of amides is 1. The molecule has 5 nitrogen and oxygen atoms in total. The minimum atomic E-state index is -3.27. The number of rotatable bonds is 5. The van der Waals surface area contributed by atoms with Crippen LogP contribution in [0.4, 0.5) is 0 Å². The molecule has 1 N–H and O–H groups in total. The fourth-order valence-corrected chi connectivity index (χ4v) is 5.05. The molecule has 120 valence electrons. The highest BCUT2D eigenvalue weighted by atomic mass is 32.2. The Hall–Kier alpha value is -0.620. The van der Waals surface area contributed by atoms with Crippen LogP contribution in [0.3, 0.4) is 0 Å². The number of sulfonamides is 1. The molecule has 3 rings (SSSR count). The predicted molar refractivity (Wildman–Crippen MR) is 81.2 cm³/mol. The van der Waals surface area contributed by atoms with E-state index >= 15 is 0 Å². The Morgan fingerprint density at radius 3 is 2.43 bits per heavy atom. The van der Waals surface area contributed by atoms with E-state index in [0.29, 0.717) is 25.4 Å². The molecule has 2 aliphatic carbocycles. The highest BCUT2D eigenvalue weighted by Gasteiger charge is 2.36. The average molecular weight is 314 g/mol. The van der Waals surface area contributed by atoms with Crippen LogP contribution in [-0.4, -0.2) is 44.1 Å². The van der Waals surface area contributed by atoms with Crippen LogP contribution in [-0.2, 0) is 14.8 Å². The second kappa shape index (κ2) is 6.24. The lowest BCUT2D eigenvalue weighted by atomic mass is 10.0. The van der Waals surface area contributed by atoms with Crippen molar-refractivity contribution in [2.75, 3.05) is 19.6 Å². The van der Waals surface area contributed by atoms with Crippen LogP contribution >= 0.6 is 0 Å². The van der Waals surface area contributed by atoms with Crippen molar-refractivity contribution in [3.05, 3.63) is 0 Å². The monoisotopic (exact) mass is 314 g/mol. The molecule has 0 aromatic rings. The van der Waals surface area contributed by atoms with Gasteiger partial charge < -0.3 is 4.90 Å². The Labute approximate surface area is 127 Å². The van der Waals surface area contributed by atoms with Crippen molar-refractivity contribution < 1.29 is 13.2 Å². The molecule has 3 fully saturated rings. The van der Waals surface area contributed by atoms with E-state index in [1.807, 2.05) is 0 Å². The molecular formula is C15H26N2O3S. The molecule has 0 radical (unpaired) electrons. The van der Waals surface area contributed by atoms with Gasteiger partial charge >= 0.3 is 0 Å². The van der Waals surface area contributed by atoms with Gasteiger partial charge in [-0.15, -0.1) is 0 Å². The number of hydrogen-bond donors (Lipinski definition) is 1. The van der Waals surface area contributed by atoms with E-state index in [0.717, 1.165) is 51.5 Å². The van der Waals surface area contributed by atoms with Crippen LogP contribution in [0.15, 0.2) is 0 Å². The molecule has 0 aromatic carbocycles. The molecule has 1 atom stereocenters.